The predicted octanol–water partition coefficient (Wildman–Crippen LogP) is 1.61. The van der Waals surface area contributed by atoms with Crippen LogP contribution >= 0.6 is 0 Å². The molecule has 1 unspecified atom stereocenters. The van der Waals surface area contributed by atoms with Gasteiger partial charge in [0.05, 0.1) is 4.90 Å². The van der Waals surface area contributed by atoms with Gasteiger partial charge in [0, 0.05) is 19.7 Å². The number of nitrogens with one attached hydrogen (secondary N) is 1. The molecule has 0 spiro atoms. The fraction of sp³-hybridized carbons (Fsp3) is 0.222. The number of hydrogen-bond donors (Lipinski definition) is 1. The summed E-state index contributed by atoms with van der Waals surface area (Å²) in [5, 5.41) is 0.666. The number of carbonyl (C=O) groups excluding carboxylic acids is 2. The number of rotatable bonds is 5. The van der Waals surface area contributed by atoms with E-state index in [4.69, 9.17) is 0 Å². The topological polar surface area (TPSA) is 83.6 Å². The summed E-state index contributed by atoms with van der Waals surface area (Å²) in [5.74, 6) is -1.34. The fourth-order valence-electron chi connectivity index (χ4n) is 2.24. The SMILES string of the molecule is Cc1cccc(C(=O)NC(C(=O)N(C)C)S(=O)(=O)c2ccccc2)c1. The van der Waals surface area contributed by atoms with E-state index < -0.39 is 27.0 Å². The molecule has 6 nitrogen and oxygen atoms in total. The van der Waals surface area contributed by atoms with Crippen LogP contribution in [0, 0.1) is 6.92 Å². The molecule has 0 heterocycles. The third-order valence-corrected chi connectivity index (χ3v) is 5.46. The van der Waals surface area contributed by atoms with Crippen molar-refractivity contribution < 1.29 is 18.0 Å². The third kappa shape index (κ3) is 4.24. The van der Waals surface area contributed by atoms with Crippen molar-refractivity contribution >= 4 is 21.7 Å². The Morgan fingerprint density at radius 1 is 1.00 bits per heavy atom. The van der Waals surface area contributed by atoms with E-state index in [0.717, 1.165) is 10.5 Å². The van der Waals surface area contributed by atoms with E-state index in [1.807, 2.05) is 13.0 Å². The Balaban J connectivity index is 2.41. The van der Waals surface area contributed by atoms with Crippen LogP contribution in [0.4, 0.5) is 0 Å². The van der Waals surface area contributed by atoms with Gasteiger partial charge in [-0.05, 0) is 31.2 Å². The molecular formula is C18H20N2O4S. The van der Waals surface area contributed by atoms with Gasteiger partial charge in [-0.1, -0.05) is 35.9 Å². The van der Waals surface area contributed by atoms with Crippen LogP contribution in [0.25, 0.3) is 0 Å². The molecule has 0 saturated heterocycles. The zero-order valence-electron chi connectivity index (χ0n) is 14.3. The Hall–Kier alpha value is -2.67. The third-order valence-electron chi connectivity index (χ3n) is 3.59. The monoisotopic (exact) mass is 360 g/mol. The van der Waals surface area contributed by atoms with Gasteiger partial charge in [-0.2, -0.15) is 0 Å². The standard InChI is InChI=1S/C18H20N2O4S/c1-13-8-7-9-14(12-13)16(21)19-17(18(22)20(2)3)25(23,24)15-10-5-4-6-11-15/h4-12,17H,1-3H3,(H,19,21). The van der Waals surface area contributed by atoms with Crippen molar-refractivity contribution in [3.05, 3.63) is 65.7 Å². The summed E-state index contributed by atoms with van der Waals surface area (Å²) in [7, 11) is -1.20. The molecule has 2 amide bonds. The molecule has 0 aliphatic carbocycles. The van der Waals surface area contributed by atoms with E-state index >= 15 is 0 Å². The molecule has 132 valence electrons. The summed E-state index contributed by atoms with van der Waals surface area (Å²) in [5.41, 5.74) is 1.15. The average molecular weight is 360 g/mol. The zero-order valence-corrected chi connectivity index (χ0v) is 15.1. The van der Waals surface area contributed by atoms with Gasteiger partial charge in [-0.25, -0.2) is 8.42 Å². The number of benzene rings is 2. The minimum atomic E-state index is -4.08. The molecule has 0 bridgehead atoms. The van der Waals surface area contributed by atoms with Gasteiger partial charge in [0.2, 0.25) is 15.2 Å². The number of hydrogen-bond acceptors (Lipinski definition) is 4. The fourth-order valence-corrected chi connectivity index (χ4v) is 3.79. The molecular weight excluding hydrogens is 340 g/mol. The largest absolute Gasteiger partial charge is 0.346 e. The second-order valence-electron chi connectivity index (χ2n) is 5.81. The Bertz CT molecular complexity index is 877. The van der Waals surface area contributed by atoms with Crippen LogP contribution in [0.15, 0.2) is 59.5 Å². The Kier molecular flexibility index (Phi) is 5.58. The van der Waals surface area contributed by atoms with Crippen molar-refractivity contribution in [2.24, 2.45) is 0 Å². The summed E-state index contributed by atoms with van der Waals surface area (Å²) in [4.78, 5) is 26.0. The molecule has 0 fully saturated rings. The maximum atomic E-state index is 12.8. The molecule has 25 heavy (non-hydrogen) atoms. The lowest BCUT2D eigenvalue weighted by Gasteiger charge is -2.22. The van der Waals surface area contributed by atoms with Gasteiger partial charge in [0.15, 0.2) is 0 Å². The van der Waals surface area contributed by atoms with Gasteiger partial charge < -0.3 is 10.2 Å². The molecule has 0 saturated carbocycles. The molecule has 1 N–H and O–H groups in total. The Labute approximate surface area is 147 Å². The van der Waals surface area contributed by atoms with Gasteiger partial charge in [0.25, 0.3) is 11.8 Å². The first kappa shape index (κ1) is 18.7. The summed E-state index contributed by atoms with van der Waals surface area (Å²) < 4.78 is 25.7. The van der Waals surface area contributed by atoms with Crippen molar-refractivity contribution in [3.63, 3.8) is 0 Å². The normalized spacial score (nSPS) is 12.3. The molecule has 2 aromatic carbocycles. The highest BCUT2D eigenvalue weighted by molar-refractivity contribution is 7.92. The zero-order chi connectivity index (χ0) is 18.6. The van der Waals surface area contributed by atoms with Crippen molar-refractivity contribution in [3.8, 4) is 0 Å². The first-order valence-electron chi connectivity index (χ1n) is 7.61. The lowest BCUT2D eigenvalue weighted by molar-refractivity contribution is -0.128. The maximum absolute atomic E-state index is 12.8. The molecule has 0 radical (unpaired) electrons. The minimum absolute atomic E-state index is 0.0280. The van der Waals surface area contributed by atoms with Crippen molar-refractivity contribution in [2.45, 2.75) is 17.2 Å². The summed E-state index contributed by atoms with van der Waals surface area (Å²) in [6.45, 7) is 1.82. The second kappa shape index (κ2) is 7.48. The number of aryl methyl sites for hydroxylation is 1. The van der Waals surface area contributed by atoms with E-state index in [0.29, 0.717) is 5.56 Å². The number of carbonyl (C=O) groups is 2. The second-order valence-corrected chi connectivity index (χ2v) is 7.85. The van der Waals surface area contributed by atoms with E-state index in [9.17, 15) is 18.0 Å². The van der Waals surface area contributed by atoms with Gasteiger partial charge in [-0.3, -0.25) is 9.59 Å². The molecule has 1 atom stereocenters. The van der Waals surface area contributed by atoms with Crippen LogP contribution in [-0.2, 0) is 14.6 Å². The lowest BCUT2D eigenvalue weighted by Crippen LogP contribution is -2.50. The summed E-state index contributed by atoms with van der Waals surface area (Å²) >= 11 is 0. The first-order chi connectivity index (χ1) is 11.7. The number of sulfone groups is 1. The van der Waals surface area contributed by atoms with E-state index in [-0.39, 0.29) is 4.90 Å². The van der Waals surface area contributed by atoms with Crippen LogP contribution in [-0.4, -0.2) is 44.6 Å². The summed E-state index contributed by atoms with van der Waals surface area (Å²) in [6, 6.07) is 14.3. The van der Waals surface area contributed by atoms with Crippen LogP contribution in [0.5, 0.6) is 0 Å². The van der Waals surface area contributed by atoms with Crippen LogP contribution in [0.3, 0.4) is 0 Å². The van der Waals surface area contributed by atoms with E-state index in [2.05, 4.69) is 5.32 Å². The number of likely N-dealkylation sites (N-methyl/N-ethyl adjacent to an activating group) is 1. The van der Waals surface area contributed by atoms with Crippen LogP contribution < -0.4 is 5.32 Å². The predicted molar refractivity (Wildman–Crippen MR) is 94.8 cm³/mol. The Morgan fingerprint density at radius 3 is 2.20 bits per heavy atom. The van der Waals surface area contributed by atoms with Gasteiger partial charge >= 0.3 is 0 Å². The van der Waals surface area contributed by atoms with Crippen molar-refractivity contribution in [1.82, 2.24) is 10.2 Å². The molecule has 0 aromatic heterocycles. The number of amides is 2. The Morgan fingerprint density at radius 2 is 1.64 bits per heavy atom. The highest BCUT2D eigenvalue weighted by Crippen LogP contribution is 2.16. The molecule has 0 aliphatic heterocycles. The summed E-state index contributed by atoms with van der Waals surface area (Å²) in [6.07, 6.45) is 0. The van der Waals surface area contributed by atoms with Crippen LogP contribution in [0.2, 0.25) is 0 Å². The lowest BCUT2D eigenvalue weighted by atomic mass is 10.1. The minimum Gasteiger partial charge on any atom is -0.346 e. The van der Waals surface area contributed by atoms with E-state index in [1.54, 1.807) is 36.4 Å². The molecule has 2 aromatic rings. The molecule has 7 heteroatoms. The van der Waals surface area contributed by atoms with Gasteiger partial charge in [0.1, 0.15) is 0 Å². The van der Waals surface area contributed by atoms with Crippen molar-refractivity contribution in [2.75, 3.05) is 14.1 Å². The van der Waals surface area contributed by atoms with Gasteiger partial charge in [-0.15, -0.1) is 0 Å². The quantitative estimate of drug-likeness (QED) is 0.878. The maximum Gasteiger partial charge on any atom is 0.260 e. The first-order valence-corrected chi connectivity index (χ1v) is 9.16. The number of nitrogens with zero attached hydrogens (tertiary/aromatic N) is 1. The molecule has 2 rings (SSSR count). The highest BCUT2D eigenvalue weighted by Gasteiger charge is 2.36. The smallest absolute Gasteiger partial charge is 0.260 e. The van der Waals surface area contributed by atoms with E-state index in [1.165, 1.54) is 26.2 Å². The van der Waals surface area contributed by atoms with Crippen LogP contribution in [0.1, 0.15) is 15.9 Å². The average Bonchev–Trinajstić information content (AvgIpc) is 2.59. The molecule has 0 aliphatic rings. The van der Waals surface area contributed by atoms with Crippen molar-refractivity contribution in [1.29, 1.82) is 0 Å². The highest BCUT2D eigenvalue weighted by atomic mass is 32.2.